The van der Waals surface area contributed by atoms with Gasteiger partial charge in [-0.05, 0) is 32.8 Å². The number of hydrogen-bond donors (Lipinski definition) is 1. The molecule has 19 heavy (non-hydrogen) atoms. The van der Waals surface area contributed by atoms with Gasteiger partial charge in [0, 0.05) is 17.6 Å². The van der Waals surface area contributed by atoms with Crippen molar-refractivity contribution >= 4 is 0 Å². The first-order chi connectivity index (χ1) is 9.13. The molecule has 0 saturated carbocycles. The van der Waals surface area contributed by atoms with Crippen molar-refractivity contribution in [3.63, 3.8) is 0 Å². The summed E-state index contributed by atoms with van der Waals surface area (Å²) < 4.78 is 5.71. The Balaban J connectivity index is 2.74. The lowest BCUT2D eigenvalue weighted by atomic mass is 9.94. The summed E-state index contributed by atoms with van der Waals surface area (Å²) in [5.41, 5.74) is 1.25. The average Bonchev–Trinajstić information content (AvgIpc) is 2.41. The Morgan fingerprint density at radius 1 is 1.05 bits per heavy atom. The van der Waals surface area contributed by atoms with E-state index in [1.54, 1.807) is 0 Å². The van der Waals surface area contributed by atoms with Crippen molar-refractivity contribution in [2.24, 2.45) is 5.92 Å². The number of benzene rings is 1. The summed E-state index contributed by atoms with van der Waals surface area (Å²) in [7, 11) is 0. The molecule has 0 bridgehead atoms. The molecular weight excluding hydrogens is 234 g/mol. The van der Waals surface area contributed by atoms with Crippen LogP contribution in [0.1, 0.15) is 59.1 Å². The second-order valence-electron chi connectivity index (χ2n) is 5.22. The first-order valence-electron chi connectivity index (χ1n) is 7.61. The fourth-order valence-corrected chi connectivity index (χ4v) is 2.74. The molecule has 0 spiro atoms. The molecule has 2 nitrogen and oxygen atoms in total. The Morgan fingerprint density at radius 2 is 1.68 bits per heavy atom. The SMILES string of the molecule is CCOc1ccccc1C(C)NC(C)C(CC)CC. The van der Waals surface area contributed by atoms with Gasteiger partial charge in [-0.1, -0.05) is 44.9 Å². The molecule has 2 unspecified atom stereocenters. The van der Waals surface area contributed by atoms with Gasteiger partial charge in [-0.2, -0.15) is 0 Å². The standard InChI is InChI=1S/C17H29NO/c1-6-15(7-2)13(4)18-14(5)16-11-9-10-12-17(16)19-8-3/h9-15,18H,6-8H2,1-5H3. The summed E-state index contributed by atoms with van der Waals surface area (Å²) in [6, 6.07) is 9.17. The quantitative estimate of drug-likeness (QED) is 0.742. The maximum atomic E-state index is 5.71. The van der Waals surface area contributed by atoms with Crippen LogP contribution in [0.15, 0.2) is 24.3 Å². The highest BCUT2D eigenvalue weighted by Gasteiger charge is 2.18. The largest absolute Gasteiger partial charge is 0.494 e. The summed E-state index contributed by atoms with van der Waals surface area (Å²) in [6.45, 7) is 11.8. The smallest absolute Gasteiger partial charge is 0.124 e. The summed E-state index contributed by atoms with van der Waals surface area (Å²) >= 11 is 0. The molecule has 1 N–H and O–H groups in total. The minimum atomic E-state index is 0.318. The van der Waals surface area contributed by atoms with Crippen LogP contribution in [0.5, 0.6) is 5.75 Å². The van der Waals surface area contributed by atoms with Gasteiger partial charge in [0.15, 0.2) is 0 Å². The normalized spacial score (nSPS) is 14.4. The highest BCUT2D eigenvalue weighted by atomic mass is 16.5. The first-order valence-corrected chi connectivity index (χ1v) is 7.61. The minimum absolute atomic E-state index is 0.318. The Morgan fingerprint density at radius 3 is 2.26 bits per heavy atom. The van der Waals surface area contributed by atoms with E-state index >= 15 is 0 Å². The fourth-order valence-electron chi connectivity index (χ4n) is 2.74. The van der Waals surface area contributed by atoms with Gasteiger partial charge >= 0.3 is 0 Å². The fraction of sp³-hybridized carbons (Fsp3) is 0.647. The Bertz CT molecular complexity index is 360. The summed E-state index contributed by atoms with van der Waals surface area (Å²) in [5.74, 6) is 1.74. The lowest BCUT2D eigenvalue weighted by Crippen LogP contribution is -2.35. The average molecular weight is 263 g/mol. The van der Waals surface area contributed by atoms with Gasteiger partial charge in [0.05, 0.1) is 6.61 Å². The molecule has 1 rings (SSSR count). The monoisotopic (exact) mass is 263 g/mol. The molecule has 0 amide bonds. The van der Waals surface area contributed by atoms with Crippen LogP contribution >= 0.6 is 0 Å². The van der Waals surface area contributed by atoms with Crippen molar-refractivity contribution in [2.45, 2.75) is 59.5 Å². The van der Waals surface area contributed by atoms with Crippen molar-refractivity contribution in [3.8, 4) is 5.75 Å². The van der Waals surface area contributed by atoms with Crippen molar-refractivity contribution in [1.29, 1.82) is 0 Å². The summed E-state index contributed by atoms with van der Waals surface area (Å²) in [5, 5.41) is 3.72. The Labute approximate surface area is 118 Å². The van der Waals surface area contributed by atoms with Gasteiger partial charge in [-0.15, -0.1) is 0 Å². The number of ether oxygens (including phenoxy) is 1. The molecule has 0 fully saturated rings. The number of hydrogen-bond acceptors (Lipinski definition) is 2. The van der Waals surface area contributed by atoms with Gasteiger partial charge in [0.25, 0.3) is 0 Å². The summed E-state index contributed by atoms with van der Waals surface area (Å²) in [4.78, 5) is 0. The van der Waals surface area contributed by atoms with E-state index in [4.69, 9.17) is 4.74 Å². The highest BCUT2D eigenvalue weighted by Crippen LogP contribution is 2.26. The van der Waals surface area contributed by atoms with E-state index in [9.17, 15) is 0 Å². The molecule has 1 aromatic rings. The highest BCUT2D eigenvalue weighted by molar-refractivity contribution is 5.35. The number of para-hydroxylation sites is 1. The molecule has 0 aliphatic heterocycles. The van der Waals surface area contributed by atoms with E-state index in [2.05, 4.69) is 51.2 Å². The van der Waals surface area contributed by atoms with Gasteiger partial charge in [-0.3, -0.25) is 0 Å². The van der Waals surface area contributed by atoms with E-state index in [-0.39, 0.29) is 0 Å². The lowest BCUT2D eigenvalue weighted by molar-refractivity contribution is 0.312. The van der Waals surface area contributed by atoms with Crippen LogP contribution in [0.3, 0.4) is 0 Å². The molecule has 2 heteroatoms. The van der Waals surface area contributed by atoms with Gasteiger partial charge < -0.3 is 10.1 Å². The molecule has 0 heterocycles. The van der Waals surface area contributed by atoms with Gasteiger partial charge in [0.2, 0.25) is 0 Å². The zero-order valence-corrected chi connectivity index (χ0v) is 13.1. The number of rotatable bonds is 8. The van der Waals surface area contributed by atoms with Crippen LogP contribution in [0.2, 0.25) is 0 Å². The molecular formula is C17H29NO. The molecule has 1 aromatic carbocycles. The van der Waals surface area contributed by atoms with Crippen molar-refractivity contribution in [3.05, 3.63) is 29.8 Å². The van der Waals surface area contributed by atoms with E-state index < -0.39 is 0 Å². The van der Waals surface area contributed by atoms with Gasteiger partial charge in [0.1, 0.15) is 5.75 Å². The topological polar surface area (TPSA) is 21.3 Å². The van der Waals surface area contributed by atoms with Crippen molar-refractivity contribution < 1.29 is 4.74 Å². The third-order valence-corrected chi connectivity index (χ3v) is 3.95. The van der Waals surface area contributed by atoms with Crippen LogP contribution < -0.4 is 10.1 Å². The second-order valence-corrected chi connectivity index (χ2v) is 5.22. The predicted octanol–water partition coefficient (Wildman–Crippen LogP) is 4.56. The summed E-state index contributed by atoms with van der Waals surface area (Å²) in [6.07, 6.45) is 2.45. The lowest BCUT2D eigenvalue weighted by Gasteiger charge is -2.27. The van der Waals surface area contributed by atoms with E-state index in [0.29, 0.717) is 18.7 Å². The number of nitrogens with one attached hydrogen (secondary N) is 1. The third-order valence-electron chi connectivity index (χ3n) is 3.95. The predicted molar refractivity (Wildman–Crippen MR) is 82.7 cm³/mol. The van der Waals surface area contributed by atoms with E-state index in [0.717, 1.165) is 11.7 Å². The minimum Gasteiger partial charge on any atom is -0.494 e. The molecule has 0 aliphatic rings. The zero-order valence-electron chi connectivity index (χ0n) is 13.1. The molecule has 0 aromatic heterocycles. The third kappa shape index (κ3) is 4.54. The van der Waals surface area contributed by atoms with Crippen LogP contribution in [0, 0.1) is 5.92 Å². The zero-order chi connectivity index (χ0) is 14.3. The van der Waals surface area contributed by atoms with E-state index in [1.807, 2.05) is 13.0 Å². The maximum absolute atomic E-state index is 5.71. The van der Waals surface area contributed by atoms with Crippen molar-refractivity contribution in [2.75, 3.05) is 6.61 Å². The Hall–Kier alpha value is -1.02. The van der Waals surface area contributed by atoms with Gasteiger partial charge in [-0.25, -0.2) is 0 Å². The maximum Gasteiger partial charge on any atom is 0.124 e. The van der Waals surface area contributed by atoms with Crippen LogP contribution in [-0.4, -0.2) is 12.6 Å². The van der Waals surface area contributed by atoms with Crippen LogP contribution in [0.4, 0.5) is 0 Å². The molecule has 0 saturated heterocycles. The van der Waals surface area contributed by atoms with Crippen LogP contribution in [-0.2, 0) is 0 Å². The first kappa shape index (κ1) is 16.0. The molecule has 0 radical (unpaired) electrons. The van der Waals surface area contributed by atoms with Crippen molar-refractivity contribution in [1.82, 2.24) is 5.32 Å². The second kappa shape index (κ2) is 8.21. The molecule has 2 atom stereocenters. The molecule has 0 aliphatic carbocycles. The van der Waals surface area contributed by atoms with Crippen LogP contribution in [0.25, 0.3) is 0 Å². The van der Waals surface area contributed by atoms with E-state index in [1.165, 1.54) is 18.4 Å². The Kier molecular flexibility index (Phi) is 6.93. The molecule has 108 valence electrons.